The molecule has 0 unspecified atom stereocenters. The second-order valence-corrected chi connectivity index (χ2v) is 4.66. The Kier molecular flexibility index (Phi) is 7.67. The topological polar surface area (TPSA) is 73.9 Å². The highest BCUT2D eigenvalue weighted by Crippen LogP contribution is 2.26. The highest BCUT2D eigenvalue weighted by molar-refractivity contribution is 5.98. The summed E-state index contributed by atoms with van der Waals surface area (Å²) in [5, 5.41) is 2.21. The summed E-state index contributed by atoms with van der Waals surface area (Å²) in [6.07, 6.45) is 2.36. The van der Waals surface area contributed by atoms with E-state index in [4.69, 9.17) is 4.74 Å². The Morgan fingerprint density at radius 3 is 2.29 bits per heavy atom. The van der Waals surface area contributed by atoms with Gasteiger partial charge in [-0.15, -0.1) is 0 Å². The van der Waals surface area contributed by atoms with Gasteiger partial charge in [-0.3, -0.25) is 0 Å². The largest absolute Gasteiger partial charge is 0.493 e. The van der Waals surface area contributed by atoms with Crippen LogP contribution in [0.4, 0.5) is 14.5 Å². The number of benzene rings is 1. The smallest absolute Gasteiger partial charge is 0.354 e. The second kappa shape index (κ2) is 9.49. The van der Waals surface area contributed by atoms with Crippen molar-refractivity contribution in [3.63, 3.8) is 0 Å². The van der Waals surface area contributed by atoms with Crippen molar-refractivity contribution in [1.29, 1.82) is 0 Å². The van der Waals surface area contributed by atoms with Crippen LogP contribution in [0.2, 0.25) is 0 Å². The van der Waals surface area contributed by atoms with Crippen LogP contribution >= 0.6 is 0 Å². The Hall–Kier alpha value is -2.64. The van der Waals surface area contributed by atoms with Gasteiger partial charge in [0.05, 0.1) is 26.9 Å². The molecule has 6 nitrogen and oxygen atoms in total. The summed E-state index contributed by atoms with van der Waals surface area (Å²) in [5.41, 5.74) is -1.08. The number of hydrogen-bond donors (Lipinski definition) is 1. The Morgan fingerprint density at radius 1 is 1.17 bits per heavy atom. The molecular formula is C16H19F2NO5. The zero-order valence-corrected chi connectivity index (χ0v) is 13.7. The van der Waals surface area contributed by atoms with Gasteiger partial charge in [0.1, 0.15) is 17.1 Å². The summed E-state index contributed by atoms with van der Waals surface area (Å²) >= 11 is 0. The zero-order chi connectivity index (χ0) is 18.1. The summed E-state index contributed by atoms with van der Waals surface area (Å²) in [5.74, 6) is -3.81. The van der Waals surface area contributed by atoms with Crippen molar-refractivity contribution in [1.82, 2.24) is 0 Å². The van der Waals surface area contributed by atoms with Gasteiger partial charge in [0.25, 0.3) is 0 Å². The molecule has 24 heavy (non-hydrogen) atoms. The lowest BCUT2D eigenvalue weighted by Crippen LogP contribution is -2.17. The van der Waals surface area contributed by atoms with Gasteiger partial charge in [-0.1, -0.05) is 13.3 Å². The normalized spacial score (nSPS) is 11.0. The molecule has 0 heterocycles. The zero-order valence-electron chi connectivity index (χ0n) is 13.7. The van der Waals surface area contributed by atoms with E-state index in [2.05, 4.69) is 14.8 Å². The number of halogens is 2. The van der Waals surface area contributed by atoms with Crippen LogP contribution in [0.1, 0.15) is 19.8 Å². The lowest BCUT2D eigenvalue weighted by atomic mass is 10.2. The van der Waals surface area contributed by atoms with Gasteiger partial charge in [-0.25, -0.2) is 18.4 Å². The van der Waals surface area contributed by atoms with E-state index in [1.165, 1.54) is 0 Å². The van der Waals surface area contributed by atoms with Crippen LogP contribution in [0.5, 0.6) is 5.75 Å². The van der Waals surface area contributed by atoms with Crippen LogP contribution in [0.3, 0.4) is 0 Å². The van der Waals surface area contributed by atoms with Crippen molar-refractivity contribution in [3.8, 4) is 5.75 Å². The van der Waals surface area contributed by atoms with E-state index in [9.17, 15) is 18.4 Å². The Labute approximate surface area is 138 Å². The molecule has 0 aliphatic rings. The molecule has 0 saturated carbocycles. The third-order valence-corrected chi connectivity index (χ3v) is 2.91. The molecule has 0 radical (unpaired) electrons. The number of anilines is 1. The lowest BCUT2D eigenvalue weighted by molar-refractivity contribution is -0.138. The van der Waals surface area contributed by atoms with Gasteiger partial charge in [0.15, 0.2) is 11.6 Å². The van der Waals surface area contributed by atoms with Crippen LogP contribution in [-0.2, 0) is 19.1 Å². The number of carbonyl (C=O) groups is 2. The molecule has 8 heteroatoms. The predicted octanol–water partition coefficient (Wildman–Crippen LogP) is 2.79. The van der Waals surface area contributed by atoms with E-state index in [0.717, 1.165) is 45.3 Å². The quantitative estimate of drug-likeness (QED) is 0.444. The van der Waals surface area contributed by atoms with Crippen molar-refractivity contribution >= 4 is 17.6 Å². The Balaban J connectivity index is 3.05. The third kappa shape index (κ3) is 5.53. The molecule has 132 valence electrons. The summed E-state index contributed by atoms with van der Waals surface area (Å²) in [6.45, 7) is 2.29. The van der Waals surface area contributed by atoms with Crippen LogP contribution in [0, 0.1) is 11.6 Å². The first-order valence-corrected chi connectivity index (χ1v) is 7.19. The number of hydrogen-bond acceptors (Lipinski definition) is 6. The van der Waals surface area contributed by atoms with E-state index < -0.39 is 35.0 Å². The minimum atomic E-state index is -0.985. The molecule has 1 aromatic carbocycles. The van der Waals surface area contributed by atoms with Crippen molar-refractivity contribution in [2.75, 3.05) is 26.1 Å². The number of esters is 2. The average molecular weight is 343 g/mol. The Morgan fingerprint density at radius 2 is 1.79 bits per heavy atom. The summed E-state index contributed by atoms with van der Waals surface area (Å²) in [4.78, 5) is 22.9. The summed E-state index contributed by atoms with van der Waals surface area (Å²) in [6, 6.07) is 1.96. The minimum absolute atomic E-state index is 0.0283. The molecule has 0 amide bonds. The third-order valence-electron chi connectivity index (χ3n) is 2.91. The average Bonchev–Trinajstić information content (AvgIpc) is 2.56. The maximum atomic E-state index is 14.1. The molecule has 1 rings (SSSR count). The van der Waals surface area contributed by atoms with Crippen molar-refractivity contribution in [2.24, 2.45) is 0 Å². The van der Waals surface area contributed by atoms with E-state index >= 15 is 0 Å². The van der Waals surface area contributed by atoms with Gasteiger partial charge in [-0.2, -0.15) is 0 Å². The van der Waals surface area contributed by atoms with Crippen molar-refractivity contribution < 1.29 is 32.6 Å². The molecular weight excluding hydrogens is 324 g/mol. The van der Waals surface area contributed by atoms with Crippen LogP contribution in [0.25, 0.3) is 0 Å². The molecule has 0 saturated heterocycles. The highest BCUT2D eigenvalue weighted by Gasteiger charge is 2.18. The van der Waals surface area contributed by atoms with Crippen LogP contribution in [-0.4, -0.2) is 32.8 Å². The molecule has 1 aromatic rings. The number of methoxy groups -OCH3 is 2. The van der Waals surface area contributed by atoms with Crippen molar-refractivity contribution in [3.05, 3.63) is 35.5 Å². The number of unbranched alkanes of at least 4 members (excludes halogenated alkanes) is 1. The van der Waals surface area contributed by atoms with Crippen LogP contribution in [0.15, 0.2) is 23.9 Å². The van der Waals surface area contributed by atoms with Gasteiger partial charge in [0, 0.05) is 12.1 Å². The molecule has 0 spiro atoms. The molecule has 0 aromatic heterocycles. The minimum Gasteiger partial charge on any atom is -0.493 e. The first kappa shape index (κ1) is 19.4. The maximum absolute atomic E-state index is 14.1. The van der Waals surface area contributed by atoms with E-state index in [-0.39, 0.29) is 5.75 Å². The summed E-state index contributed by atoms with van der Waals surface area (Å²) < 4.78 is 42.2. The predicted molar refractivity (Wildman–Crippen MR) is 82.5 cm³/mol. The fourth-order valence-electron chi connectivity index (χ4n) is 1.65. The van der Waals surface area contributed by atoms with E-state index in [1.807, 2.05) is 6.92 Å². The summed E-state index contributed by atoms with van der Waals surface area (Å²) in [7, 11) is 2.16. The molecule has 1 N–H and O–H groups in total. The van der Waals surface area contributed by atoms with Gasteiger partial charge >= 0.3 is 11.9 Å². The second-order valence-electron chi connectivity index (χ2n) is 4.66. The lowest BCUT2D eigenvalue weighted by Gasteiger charge is -2.13. The van der Waals surface area contributed by atoms with Gasteiger partial charge in [0.2, 0.25) is 0 Å². The fourth-order valence-corrected chi connectivity index (χ4v) is 1.65. The number of rotatable bonds is 8. The SMILES string of the molecule is CCCCOc1cc(F)c(N/C(=C/C(=O)OC)C(=O)OC)c(F)c1. The fraction of sp³-hybridized carbons (Fsp3) is 0.375. The number of carbonyl (C=O) groups excluding carboxylic acids is 2. The molecule has 0 fully saturated rings. The first-order valence-electron chi connectivity index (χ1n) is 7.19. The molecule has 0 aliphatic carbocycles. The standard InChI is InChI=1S/C16H19F2NO5/c1-4-5-6-24-10-7-11(17)15(12(18)8-10)19-13(16(21)23-3)9-14(20)22-2/h7-9,19H,4-6H2,1-3H3/b13-9+. The molecule has 0 bridgehead atoms. The van der Waals surface area contributed by atoms with Crippen molar-refractivity contribution in [2.45, 2.75) is 19.8 Å². The van der Waals surface area contributed by atoms with E-state index in [1.54, 1.807) is 0 Å². The first-order chi connectivity index (χ1) is 11.4. The number of nitrogens with one attached hydrogen (secondary N) is 1. The number of ether oxygens (including phenoxy) is 3. The van der Waals surface area contributed by atoms with Gasteiger partial charge in [-0.05, 0) is 6.42 Å². The monoisotopic (exact) mass is 343 g/mol. The Bertz CT molecular complexity index is 608. The van der Waals surface area contributed by atoms with Crippen LogP contribution < -0.4 is 10.1 Å². The van der Waals surface area contributed by atoms with Gasteiger partial charge < -0.3 is 19.5 Å². The molecule has 0 atom stereocenters. The highest BCUT2D eigenvalue weighted by atomic mass is 19.1. The maximum Gasteiger partial charge on any atom is 0.354 e. The van der Waals surface area contributed by atoms with E-state index in [0.29, 0.717) is 6.61 Å². The molecule has 0 aliphatic heterocycles.